The number of rotatable bonds is 1. The minimum atomic E-state index is -0.260. The van der Waals surface area contributed by atoms with E-state index >= 15 is 0 Å². The van der Waals surface area contributed by atoms with Gasteiger partial charge in [-0.15, -0.1) is 0 Å². The van der Waals surface area contributed by atoms with Crippen molar-refractivity contribution in [1.82, 2.24) is 4.90 Å². The average molecular weight is 374 g/mol. The first-order chi connectivity index (χ1) is 12.8. The lowest BCUT2D eigenvalue weighted by molar-refractivity contribution is -0.157. The molecule has 1 saturated heterocycles. The Labute approximate surface area is 163 Å². The van der Waals surface area contributed by atoms with Crippen LogP contribution in [0.1, 0.15) is 58.8 Å². The van der Waals surface area contributed by atoms with Crippen LogP contribution in [0, 0.1) is 34.5 Å². The van der Waals surface area contributed by atoms with Gasteiger partial charge in [-0.3, -0.25) is 4.79 Å². The molecule has 0 aromatic heterocycles. The van der Waals surface area contributed by atoms with Crippen LogP contribution in [0.25, 0.3) is 0 Å². The summed E-state index contributed by atoms with van der Waals surface area (Å²) in [4.78, 5) is 15.1. The Morgan fingerprint density at radius 2 is 1.93 bits per heavy atom. The zero-order chi connectivity index (χ0) is 19.1. The van der Waals surface area contributed by atoms with E-state index in [0.717, 1.165) is 38.5 Å². The van der Waals surface area contributed by atoms with Gasteiger partial charge in [0.25, 0.3) is 0 Å². The average Bonchev–Trinajstić information content (AvgIpc) is 3.10. The van der Waals surface area contributed by atoms with Gasteiger partial charge in [0, 0.05) is 12.0 Å². The molecule has 0 amide bonds. The molecule has 1 N–H and O–H groups in total. The lowest BCUT2D eigenvalue weighted by Gasteiger charge is -2.58. The number of cyclic esters (lactones) is 1. The maximum Gasteiger partial charge on any atom is 0.313 e. The predicted molar refractivity (Wildman–Crippen MR) is 104 cm³/mol. The van der Waals surface area contributed by atoms with Crippen molar-refractivity contribution in [2.45, 2.75) is 77.0 Å². The van der Waals surface area contributed by atoms with Gasteiger partial charge in [-0.1, -0.05) is 18.6 Å². The molecule has 4 heteroatoms. The highest BCUT2D eigenvalue weighted by Gasteiger charge is 2.68. The highest BCUT2D eigenvalue weighted by atomic mass is 16.6. The minimum absolute atomic E-state index is 0.0988. The first-order valence-corrected chi connectivity index (χ1v) is 11.0. The monoisotopic (exact) mass is 373 g/mol. The topological polar surface area (TPSA) is 49.8 Å². The summed E-state index contributed by atoms with van der Waals surface area (Å²) in [6.45, 7) is 4.51. The molecule has 9 atom stereocenters. The second kappa shape index (κ2) is 5.82. The van der Waals surface area contributed by atoms with E-state index in [1.54, 1.807) is 5.57 Å². The summed E-state index contributed by atoms with van der Waals surface area (Å²) in [6.07, 6.45) is 9.78. The Morgan fingerprint density at radius 1 is 1.19 bits per heavy atom. The van der Waals surface area contributed by atoms with Crippen LogP contribution in [0.5, 0.6) is 0 Å². The number of esters is 1. The molecular weight excluding hydrogens is 338 g/mol. The van der Waals surface area contributed by atoms with Crippen molar-refractivity contribution in [2.75, 3.05) is 14.1 Å². The van der Waals surface area contributed by atoms with Crippen molar-refractivity contribution in [2.24, 2.45) is 34.5 Å². The van der Waals surface area contributed by atoms with Crippen molar-refractivity contribution in [3.05, 3.63) is 11.6 Å². The third kappa shape index (κ3) is 2.20. The summed E-state index contributed by atoms with van der Waals surface area (Å²) < 4.78 is 5.76. The Morgan fingerprint density at radius 3 is 2.67 bits per heavy atom. The number of carbonyl (C=O) groups excluding carboxylic acids is 1. The Bertz CT molecular complexity index is 687. The van der Waals surface area contributed by atoms with Crippen LogP contribution in [-0.2, 0) is 9.53 Å². The van der Waals surface area contributed by atoms with E-state index < -0.39 is 0 Å². The molecule has 5 rings (SSSR count). The van der Waals surface area contributed by atoms with E-state index in [1.807, 2.05) is 0 Å². The molecule has 1 spiro atoms. The smallest absolute Gasteiger partial charge is 0.313 e. The summed E-state index contributed by atoms with van der Waals surface area (Å²) in [7, 11) is 4.16. The number of aliphatic hydroxyl groups is 1. The number of nitrogens with zero attached hydrogens (tertiary/aromatic N) is 1. The molecule has 4 aliphatic carbocycles. The SMILES string of the molecule is C[C@@H]1OC(=O)[C@]23CC[C@@H]4[C@@H](CC=C5C[C@@H](N(C)C)[C@H](O)C[C@]54C)[C@@H]2CC[C@H]13. The number of hydrogen-bond acceptors (Lipinski definition) is 4. The fourth-order valence-corrected chi connectivity index (χ4v) is 8.35. The molecule has 0 unspecified atom stereocenters. The first-order valence-electron chi connectivity index (χ1n) is 11.0. The fourth-order valence-electron chi connectivity index (χ4n) is 8.35. The van der Waals surface area contributed by atoms with Crippen molar-refractivity contribution in [1.29, 1.82) is 0 Å². The van der Waals surface area contributed by atoms with E-state index in [1.165, 1.54) is 6.42 Å². The van der Waals surface area contributed by atoms with Crippen molar-refractivity contribution < 1.29 is 14.6 Å². The molecule has 0 radical (unpaired) electrons. The third-order valence-corrected chi connectivity index (χ3v) is 9.61. The van der Waals surface area contributed by atoms with Gasteiger partial charge in [0.2, 0.25) is 0 Å². The minimum Gasteiger partial charge on any atom is -0.462 e. The van der Waals surface area contributed by atoms with E-state index in [4.69, 9.17) is 4.74 Å². The third-order valence-electron chi connectivity index (χ3n) is 9.61. The highest BCUT2D eigenvalue weighted by molar-refractivity contribution is 5.81. The molecule has 0 bridgehead atoms. The van der Waals surface area contributed by atoms with Gasteiger partial charge < -0.3 is 14.7 Å². The summed E-state index contributed by atoms with van der Waals surface area (Å²) in [5.74, 6) is 2.21. The van der Waals surface area contributed by atoms with E-state index in [2.05, 4.69) is 38.9 Å². The van der Waals surface area contributed by atoms with Gasteiger partial charge >= 0.3 is 5.97 Å². The summed E-state index contributed by atoms with van der Waals surface area (Å²) >= 11 is 0. The van der Waals surface area contributed by atoms with Gasteiger partial charge in [-0.2, -0.15) is 0 Å². The van der Waals surface area contributed by atoms with E-state index in [9.17, 15) is 9.90 Å². The molecule has 1 heterocycles. The summed E-state index contributed by atoms with van der Waals surface area (Å²) in [5.41, 5.74) is 1.48. The van der Waals surface area contributed by atoms with Gasteiger partial charge in [-0.25, -0.2) is 0 Å². The van der Waals surface area contributed by atoms with Crippen LogP contribution >= 0.6 is 0 Å². The number of ether oxygens (including phenoxy) is 1. The quantitative estimate of drug-likeness (QED) is 0.565. The van der Waals surface area contributed by atoms with Crippen LogP contribution in [0.3, 0.4) is 0 Å². The summed E-state index contributed by atoms with van der Waals surface area (Å²) in [6, 6.07) is 0.234. The normalized spacial score (nSPS) is 53.9. The van der Waals surface area contributed by atoms with Gasteiger partial charge in [-0.05, 0) is 89.1 Å². The van der Waals surface area contributed by atoms with E-state index in [0.29, 0.717) is 23.7 Å². The zero-order valence-electron chi connectivity index (χ0n) is 17.3. The van der Waals surface area contributed by atoms with Crippen LogP contribution < -0.4 is 0 Å². The van der Waals surface area contributed by atoms with Gasteiger partial charge in [0.15, 0.2) is 0 Å². The molecule has 27 heavy (non-hydrogen) atoms. The lowest BCUT2D eigenvalue weighted by atomic mass is 9.46. The molecule has 150 valence electrons. The van der Waals surface area contributed by atoms with Crippen LogP contribution in [0.15, 0.2) is 11.6 Å². The molecule has 4 fully saturated rings. The molecule has 0 aromatic carbocycles. The number of allylic oxidation sites excluding steroid dienone is 1. The number of hydrogen-bond donors (Lipinski definition) is 1. The second-order valence-corrected chi connectivity index (χ2v) is 10.6. The van der Waals surface area contributed by atoms with Crippen molar-refractivity contribution >= 4 is 5.97 Å². The number of likely N-dealkylation sites (N-methyl/N-ethyl adjacent to an activating group) is 1. The fraction of sp³-hybridized carbons (Fsp3) is 0.870. The molecule has 1 aliphatic heterocycles. The molecular formula is C23H35NO3. The number of aliphatic hydroxyl groups excluding tert-OH is 1. The molecule has 3 saturated carbocycles. The zero-order valence-corrected chi connectivity index (χ0v) is 17.3. The van der Waals surface area contributed by atoms with Crippen molar-refractivity contribution in [3.8, 4) is 0 Å². The number of carbonyl (C=O) groups is 1. The van der Waals surface area contributed by atoms with Crippen molar-refractivity contribution in [3.63, 3.8) is 0 Å². The molecule has 4 nitrogen and oxygen atoms in total. The summed E-state index contributed by atoms with van der Waals surface area (Å²) in [5, 5.41) is 10.9. The first kappa shape index (κ1) is 18.2. The van der Waals surface area contributed by atoms with Gasteiger partial charge in [0.1, 0.15) is 6.10 Å². The Hall–Kier alpha value is -0.870. The second-order valence-electron chi connectivity index (χ2n) is 10.6. The number of fused-ring (bicyclic) bond motifs is 4. The van der Waals surface area contributed by atoms with Crippen LogP contribution in [0.4, 0.5) is 0 Å². The van der Waals surface area contributed by atoms with E-state index in [-0.39, 0.29) is 35.0 Å². The van der Waals surface area contributed by atoms with Gasteiger partial charge in [0.05, 0.1) is 11.5 Å². The van der Waals surface area contributed by atoms with Crippen LogP contribution in [0.2, 0.25) is 0 Å². The maximum atomic E-state index is 12.9. The largest absolute Gasteiger partial charge is 0.462 e. The Kier molecular flexibility index (Phi) is 3.92. The Balaban J connectivity index is 1.49. The molecule has 5 aliphatic rings. The standard InChI is InChI=1S/C23H35NO3/c1-13-16-7-8-18-15-6-5-14-11-19(24(3)4)20(25)12-22(14,2)17(15)9-10-23(16,18)21(26)27-13/h5,13,15-20,25H,6-12H2,1-4H3/t13-,15+,16+,17+,18-,19+,20+,22+,23-/m0/s1. The van der Waals surface area contributed by atoms with Crippen LogP contribution in [-0.4, -0.2) is 48.3 Å². The lowest BCUT2D eigenvalue weighted by Crippen LogP contribution is -2.56. The maximum absolute atomic E-state index is 12.9. The highest BCUT2D eigenvalue weighted by Crippen LogP contribution is 2.68. The predicted octanol–water partition coefficient (Wildman–Crippen LogP) is 3.39. The molecule has 0 aromatic rings.